The summed E-state index contributed by atoms with van der Waals surface area (Å²) in [5.74, 6) is 1.30. The van der Waals surface area contributed by atoms with Gasteiger partial charge in [-0.2, -0.15) is 0 Å². The van der Waals surface area contributed by atoms with Crippen molar-refractivity contribution in [3.05, 3.63) is 0 Å². The van der Waals surface area contributed by atoms with Crippen LogP contribution in [0.5, 0.6) is 0 Å². The number of amides is 2. The van der Waals surface area contributed by atoms with Crippen molar-refractivity contribution in [3.8, 4) is 0 Å². The van der Waals surface area contributed by atoms with Gasteiger partial charge in [0.1, 0.15) is 6.54 Å². The van der Waals surface area contributed by atoms with Crippen molar-refractivity contribution in [1.82, 2.24) is 10.2 Å². The van der Waals surface area contributed by atoms with E-state index in [2.05, 4.69) is 5.32 Å². The van der Waals surface area contributed by atoms with Crippen molar-refractivity contribution in [1.29, 1.82) is 0 Å². The van der Waals surface area contributed by atoms with Crippen molar-refractivity contribution in [3.63, 3.8) is 0 Å². The molecule has 0 unspecified atom stereocenters. The predicted molar refractivity (Wildman–Crippen MR) is 92.0 cm³/mol. The highest BCUT2D eigenvalue weighted by Crippen LogP contribution is 2.60. The maximum absolute atomic E-state index is 12.8. The van der Waals surface area contributed by atoms with Gasteiger partial charge < -0.3 is 19.7 Å². The van der Waals surface area contributed by atoms with Gasteiger partial charge in [-0.25, -0.2) is 0 Å². The first-order valence-corrected chi connectivity index (χ1v) is 9.83. The van der Waals surface area contributed by atoms with E-state index in [1.807, 2.05) is 0 Å². The maximum Gasteiger partial charge on any atom is 0.325 e. The van der Waals surface area contributed by atoms with Gasteiger partial charge in [0.25, 0.3) is 5.91 Å². The molecule has 0 spiro atoms. The highest BCUT2D eigenvalue weighted by Gasteiger charge is 2.54. The van der Waals surface area contributed by atoms with Crippen molar-refractivity contribution in [2.45, 2.75) is 38.5 Å². The van der Waals surface area contributed by atoms with E-state index in [1.54, 1.807) is 4.90 Å². The molecule has 5 fully saturated rings. The molecular weight excluding hydrogens is 336 g/mol. The van der Waals surface area contributed by atoms with E-state index in [-0.39, 0.29) is 30.4 Å². The highest BCUT2D eigenvalue weighted by molar-refractivity contribution is 5.87. The topological polar surface area (TPSA) is 84.9 Å². The lowest BCUT2D eigenvalue weighted by Crippen LogP contribution is -2.54. The Bertz CT molecular complexity index is 549. The van der Waals surface area contributed by atoms with Crippen LogP contribution in [0.25, 0.3) is 0 Å². The number of rotatable bonds is 5. The van der Waals surface area contributed by atoms with Gasteiger partial charge in [-0.15, -0.1) is 0 Å². The van der Waals surface area contributed by atoms with E-state index in [4.69, 9.17) is 9.47 Å². The second kappa shape index (κ2) is 7.18. The number of morpholine rings is 1. The summed E-state index contributed by atoms with van der Waals surface area (Å²) in [6, 6.07) is 0. The van der Waals surface area contributed by atoms with Crippen LogP contribution in [0, 0.1) is 23.2 Å². The van der Waals surface area contributed by atoms with E-state index in [1.165, 1.54) is 19.3 Å². The number of ether oxygens (including phenoxy) is 2. The van der Waals surface area contributed by atoms with Crippen LogP contribution in [-0.4, -0.2) is 62.1 Å². The molecule has 1 aliphatic heterocycles. The predicted octanol–water partition coefficient (Wildman–Crippen LogP) is 0.721. The van der Waals surface area contributed by atoms with Gasteiger partial charge in [0, 0.05) is 18.5 Å². The Kier molecular flexibility index (Phi) is 4.90. The molecule has 2 amide bonds. The van der Waals surface area contributed by atoms with Crippen molar-refractivity contribution < 1.29 is 23.9 Å². The largest absolute Gasteiger partial charge is 0.454 e. The summed E-state index contributed by atoms with van der Waals surface area (Å²) in [6.45, 7) is 1.66. The number of hydrogen-bond donors (Lipinski definition) is 1. The molecule has 4 saturated carbocycles. The van der Waals surface area contributed by atoms with E-state index in [0.29, 0.717) is 44.1 Å². The van der Waals surface area contributed by atoms with Gasteiger partial charge in [0.05, 0.1) is 13.2 Å². The minimum absolute atomic E-state index is 0.00746. The first-order chi connectivity index (χ1) is 12.5. The molecule has 7 nitrogen and oxygen atoms in total. The van der Waals surface area contributed by atoms with Crippen LogP contribution < -0.4 is 5.32 Å². The Morgan fingerprint density at radius 2 is 1.58 bits per heavy atom. The Morgan fingerprint density at radius 3 is 2.15 bits per heavy atom. The van der Waals surface area contributed by atoms with Gasteiger partial charge >= 0.3 is 5.97 Å². The molecule has 144 valence electrons. The van der Waals surface area contributed by atoms with Crippen LogP contribution >= 0.6 is 0 Å². The Morgan fingerprint density at radius 1 is 1.00 bits per heavy atom. The lowest BCUT2D eigenvalue weighted by molar-refractivity contribution is -0.155. The third-order valence-electron chi connectivity index (χ3n) is 6.63. The molecule has 5 rings (SSSR count). The van der Waals surface area contributed by atoms with E-state index < -0.39 is 5.97 Å². The fraction of sp³-hybridized carbons (Fsp3) is 0.842. The molecule has 4 aliphatic carbocycles. The zero-order valence-corrected chi connectivity index (χ0v) is 15.2. The van der Waals surface area contributed by atoms with Gasteiger partial charge in [-0.1, -0.05) is 0 Å². The number of carbonyl (C=O) groups excluding carboxylic acids is 3. The monoisotopic (exact) mass is 364 g/mol. The van der Waals surface area contributed by atoms with Gasteiger partial charge in [0.2, 0.25) is 5.91 Å². The smallest absolute Gasteiger partial charge is 0.325 e. The lowest BCUT2D eigenvalue weighted by Gasteiger charge is -2.55. The van der Waals surface area contributed by atoms with Crippen LogP contribution in [-0.2, 0) is 23.9 Å². The third-order valence-corrected chi connectivity index (χ3v) is 6.63. The molecule has 0 aromatic heterocycles. The van der Waals surface area contributed by atoms with E-state index in [9.17, 15) is 14.4 Å². The first-order valence-electron chi connectivity index (χ1n) is 9.83. The average Bonchev–Trinajstić information content (AvgIpc) is 2.63. The summed E-state index contributed by atoms with van der Waals surface area (Å²) in [5.41, 5.74) is -0.265. The van der Waals surface area contributed by atoms with Crippen LogP contribution in [0.2, 0.25) is 0 Å². The molecule has 0 aromatic rings. The van der Waals surface area contributed by atoms with E-state index in [0.717, 1.165) is 19.3 Å². The number of esters is 1. The van der Waals surface area contributed by atoms with Gasteiger partial charge in [-0.3, -0.25) is 14.4 Å². The minimum atomic E-state index is -0.551. The van der Waals surface area contributed by atoms with Crippen LogP contribution in [0.3, 0.4) is 0 Å². The number of carbonyl (C=O) groups is 3. The molecule has 0 radical (unpaired) electrons. The molecule has 26 heavy (non-hydrogen) atoms. The molecule has 1 heterocycles. The molecule has 7 heteroatoms. The molecule has 5 aliphatic rings. The molecule has 4 bridgehead atoms. The summed E-state index contributed by atoms with van der Waals surface area (Å²) < 4.78 is 10.2. The second-order valence-electron chi connectivity index (χ2n) is 8.53. The third kappa shape index (κ3) is 3.59. The number of hydrogen-bond acceptors (Lipinski definition) is 5. The summed E-state index contributed by atoms with van der Waals surface area (Å²) in [4.78, 5) is 38.3. The SMILES string of the molecule is O=C(CNC(=O)C12CC3CC(CC(C3)C1)C2)OCC(=O)N1CCOCC1. The molecule has 1 saturated heterocycles. The molecular formula is C19H28N2O5. The Hall–Kier alpha value is -1.63. The van der Waals surface area contributed by atoms with Gasteiger partial charge in [-0.05, 0) is 56.3 Å². The van der Waals surface area contributed by atoms with Crippen LogP contribution in [0.4, 0.5) is 0 Å². The fourth-order valence-corrected chi connectivity index (χ4v) is 5.83. The number of nitrogens with zero attached hydrogens (tertiary/aromatic N) is 1. The summed E-state index contributed by atoms with van der Waals surface area (Å²) in [7, 11) is 0. The fourth-order valence-electron chi connectivity index (χ4n) is 5.83. The molecule has 0 atom stereocenters. The second-order valence-corrected chi connectivity index (χ2v) is 8.53. The minimum Gasteiger partial charge on any atom is -0.454 e. The molecule has 0 aromatic carbocycles. The maximum atomic E-state index is 12.8. The molecule has 1 N–H and O–H groups in total. The van der Waals surface area contributed by atoms with Crippen molar-refractivity contribution in [2.75, 3.05) is 39.5 Å². The summed E-state index contributed by atoms with van der Waals surface area (Å²) in [5, 5.41) is 2.78. The number of nitrogens with one attached hydrogen (secondary N) is 1. The quantitative estimate of drug-likeness (QED) is 0.727. The van der Waals surface area contributed by atoms with Crippen molar-refractivity contribution in [2.24, 2.45) is 23.2 Å². The standard InChI is InChI=1S/C19H28N2O5/c22-16(21-1-3-25-4-2-21)12-26-17(23)11-20-18(24)19-8-13-5-14(9-19)7-15(6-13)10-19/h13-15H,1-12H2,(H,20,24). The van der Waals surface area contributed by atoms with Crippen LogP contribution in [0.1, 0.15) is 38.5 Å². The summed E-state index contributed by atoms with van der Waals surface area (Å²) in [6.07, 6.45) is 6.73. The normalized spacial score (nSPS) is 35.2. The zero-order chi connectivity index (χ0) is 18.1. The van der Waals surface area contributed by atoms with E-state index >= 15 is 0 Å². The summed E-state index contributed by atoms with van der Waals surface area (Å²) >= 11 is 0. The Labute approximate surface area is 153 Å². The zero-order valence-electron chi connectivity index (χ0n) is 15.2. The van der Waals surface area contributed by atoms with Crippen molar-refractivity contribution >= 4 is 17.8 Å². The lowest BCUT2D eigenvalue weighted by atomic mass is 9.49. The van der Waals surface area contributed by atoms with Crippen LogP contribution in [0.15, 0.2) is 0 Å². The Balaban J connectivity index is 1.22. The first kappa shape index (κ1) is 17.8. The highest BCUT2D eigenvalue weighted by atomic mass is 16.5. The average molecular weight is 364 g/mol. The van der Waals surface area contributed by atoms with Gasteiger partial charge in [0.15, 0.2) is 6.61 Å².